The molecule has 2 heterocycles. The molecule has 1 aliphatic rings. The van der Waals surface area contributed by atoms with E-state index in [1.807, 2.05) is 13.8 Å². The summed E-state index contributed by atoms with van der Waals surface area (Å²) in [5.41, 5.74) is 1.97. The first kappa shape index (κ1) is 25.3. The Morgan fingerprint density at radius 1 is 1.03 bits per heavy atom. The first-order valence-electron chi connectivity index (χ1n) is 10.8. The van der Waals surface area contributed by atoms with Crippen molar-refractivity contribution >= 4 is 26.0 Å². The summed E-state index contributed by atoms with van der Waals surface area (Å²) in [5.74, 6) is -0.395. The van der Waals surface area contributed by atoms with Crippen LogP contribution in [0, 0.1) is 20.8 Å². The highest BCUT2D eigenvalue weighted by atomic mass is 32.2. The molecule has 1 fully saturated rings. The maximum absolute atomic E-state index is 13.2. The van der Waals surface area contributed by atoms with Gasteiger partial charge in [0, 0.05) is 32.7 Å². The van der Waals surface area contributed by atoms with Crippen LogP contribution in [0.4, 0.5) is 0 Å². The summed E-state index contributed by atoms with van der Waals surface area (Å²) in [7, 11) is -7.60. The van der Waals surface area contributed by atoms with Crippen LogP contribution in [-0.4, -0.2) is 73.9 Å². The van der Waals surface area contributed by atoms with Crippen LogP contribution in [0.1, 0.15) is 30.8 Å². The molecule has 0 saturated carbocycles. The molecule has 0 spiro atoms. The van der Waals surface area contributed by atoms with E-state index in [0.29, 0.717) is 17.9 Å². The molecule has 0 unspecified atom stereocenters. The Labute approximate surface area is 195 Å². The normalized spacial score (nSPS) is 16.7. The quantitative estimate of drug-likeness (QED) is 0.610. The molecule has 0 bridgehead atoms. The Morgan fingerprint density at radius 2 is 1.61 bits per heavy atom. The SMILES string of the molecule is CCn1nc(C)c(S(=O)(=O)N2CCN(C(=O)[C@H](C)NS(=O)(=O)c3ccc(C)cc3)CC2)c1C. The highest BCUT2D eigenvalue weighted by Gasteiger charge is 2.35. The van der Waals surface area contributed by atoms with Crippen LogP contribution in [0.3, 0.4) is 0 Å². The van der Waals surface area contributed by atoms with Crippen LogP contribution in [-0.2, 0) is 31.4 Å². The minimum Gasteiger partial charge on any atom is -0.339 e. The number of nitrogens with one attached hydrogen (secondary N) is 1. The molecule has 0 aliphatic carbocycles. The van der Waals surface area contributed by atoms with Crippen LogP contribution < -0.4 is 4.72 Å². The molecule has 182 valence electrons. The Morgan fingerprint density at radius 3 is 2.12 bits per heavy atom. The Hall–Kier alpha value is -2.28. The number of rotatable bonds is 7. The number of hydrogen-bond donors (Lipinski definition) is 1. The van der Waals surface area contributed by atoms with Crippen molar-refractivity contribution in [3.05, 3.63) is 41.2 Å². The van der Waals surface area contributed by atoms with Gasteiger partial charge >= 0.3 is 0 Å². The highest BCUT2D eigenvalue weighted by molar-refractivity contribution is 7.89. The lowest BCUT2D eigenvalue weighted by molar-refractivity contribution is -0.133. The van der Waals surface area contributed by atoms with E-state index in [2.05, 4.69) is 9.82 Å². The lowest BCUT2D eigenvalue weighted by Gasteiger charge is -2.35. The highest BCUT2D eigenvalue weighted by Crippen LogP contribution is 2.24. The van der Waals surface area contributed by atoms with E-state index < -0.39 is 32.0 Å². The topological polar surface area (TPSA) is 122 Å². The van der Waals surface area contributed by atoms with Crippen molar-refractivity contribution in [1.82, 2.24) is 23.7 Å². The third kappa shape index (κ3) is 5.13. The van der Waals surface area contributed by atoms with Gasteiger partial charge in [0.2, 0.25) is 26.0 Å². The zero-order chi connectivity index (χ0) is 24.6. The molecular weight excluding hydrogens is 466 g/mol. The van der Waals surface area contributed by atoms with E-state index in [0.717, 1.165) is 5.56 Å². The number of amides is 1. The molecule has 1 aliphatic heterocycles. The lowest BCUT2D eigenvalue weighted by Crippen LogP contribution is -2.55. The van der Waals surface area contributed by atoms with Gasteiger partial charge in [-0.05, 0) is 46.8 Å². The standard InChI is InChI=1S/C21H31N5O5S2/c1-6-26-18(5)20(16(3)22-26)33(30,31)25-13-11-24(12-14-25)21(27)17(4)23-32(28,29)19-9-7-15(2)8-10-19/h7-10,17,23H,6,11-14H2,1-5H3/t17-/m0/s1. The van der Waals surface area contributed by atoms with Gasteiger partial charge in [-0.3, -0.25) is 9.48 Å². The van der Waals surface area contributed by atoms with E-state index in [9.17, 15) is 21.6 Å². The van der Waals surface area contributed by atoms with Gasteiger partial charge in [-0.2, -0.15) is 14.1 Å². The van der Waals surface area contributed by atoms with Crippen molar-refractivity contribution in [2.75, 3.05) is 26.2 Å². The van der Waals surface area contributed by atoms with Crippen LogP contribution in [0.25, 0.3) is 0 Å². The monoisotopic (exact) mass is 497 g/mol. The summed E-state index contributed by atoms with van der Waals surface area (Å²) in [6.07, 6.45) is 0. The van der Waals surface area contributed by atoms with Gasteiger partial charge in [0.25, 0.3) is 0 Å². The number of aryl methyl sites for hydroxylation is 3. The van der Waals surface area contributed by atoms with Gasteiger partial charge in [0.05, 0.1) is 22.3 Å². The molecule has 10 nitrogen and oxygen atoms in total. The maximum atomic E-state index is 13.2. The van der Waals surface area contributed by atoms with Crippen molar-refractivity contribution in [3.63, 3.8) is 0 Å². The number of carbonyl (C=O) groups excluding carboxylic acids is 1. The molecule has 1 atom stereocenters. The van der Waals surface area contributed by atoms with E-state index in [1.165, 1.54) is 28.3 Å². The molecule has 12 heteroatoms. The van der Waals surface area contributed by atoms with Crippen molar-refractivity contribution in [1.29, 1.82) is 0 Å². The molecule has 0 radical (unpaired) electrons. The molecule has 1 N–H and O–H groups in total. The van der Waals surface area contributed by atoms with Gasteiger partial charge in [0.1, 0.15) is 4.90 Å². The minimum atomic E-state index is -3.85. The number of carbonyl (C=O) groups is 1. The Kier molecular flexibility index (Phi) is 7.32. The van der Waals surface area contributed by atoms with Gasteiger partial charge < -0.3 is 4.90 Å². The summed E-state index contributed by atoms with van der Waals surface area (Å²) < 4.78 is 57.0. The van der Waals surface area contributed by atoms with E-state index >= 15 is 0 Å². The fourth-order valence-electron chi connectivity index (χ4n) is 3.98. The van der Waals surface area contributed by atoms with Crippen LogP contribution in [0.2, 0.25) is 0 Å². The van der Waals surface area contributed by atoms with Crippen LogP contribution in [0.5, 0.6) is 0 Å². The van der Waals surface area contributed by atoms with Crippen LogP contribution in [0.15, 0.2) is 34.1 Å². The van der Waals surface area contributed by atoms with Crippen molar-refractivity contribution < 1.29 is 21.6 Å². The van der Waals surface area contributed by atoms with E-state index in [4.69, 9.17) is 0 Å². The summed E-state index contributed by atoms with van der Waals surface area (Å²) in [6, 6.07) is 5.38. The summed E-state index contributed by atoms with van der Waals surface area (Å²) in [4.78, 5) is 14.6. The number of piperazine rings is 1. The minimum absolute atomic E-state index is 0.0852. The average Bonchev–Trinajstić information content (AvgIpc) is 3.07. The first-order chi connectivity index (χ1) is 15.4. The fraction of sp³-hybridized carbons (Fsp3) is 0.524. The zero-order valence-electron chi connectivity index (χ0n) is 19.6. The second-order valence-electron chi connectivity index (χ2n) is 8.20. The molecule has 1 amide bonds. The molecule has 1 aromatic heterocycles. The number of aromatic nitrogens is 2. The summed E-state index contributed by atoms with van der Waals surface area (Å²) in [6.45, 7) is 9.82. The largest absolute Gasteiger partial charge is 0.339 e. The predicted molar refractivity (Wildman–Crippen MR) is 124 cm³/mol. The third-order valence-electron chi connectivity index (χ3n) is 5.80. The van der Waals surface area contributed by atoms with Crippen LogP contribution >= 0.6 is 0 Å². The second-order valence-corrected chi connectivity index (χ2v) is 11.8. The number of hydrogen-bond acceptors (Lipinski definition) is 6. The van der Waals surface area contributed by atoms with Crippen molar-refractivity contribution in [2.45, 2.75) is 57.0 Å². The van der Waals surface area contributed by atoms with Gasteiger partial charge in [-0.25, -0.2) is 16.8 Å². The second kappa shape index (κ2) is 9.53. The summed E-state index contributed by atoms with van der Waals surface area (Å²) in [5, 5.41) is 4.30. The molecule has 1 aromatic carbocycles. The van der Waals surface area contributed by atoms with Gasteiger partial charge in [-0.1, -0.05) is 17.7 Å². The van der Waals surface area contributed by atoms with Gasteiger partial charge in [-0.15, -0.1) is 0 Å². The maximum Gasteiger partial charge on any atom is 0.246 e. The van der Waals surface area contributed by atoms with E-state index in [1.54, 1.807) is 30.7 Å². The predicted octanol–water partition coefficient (Wildman–Crippen LogP) is 1.03. The fourth-order valence-corrected chi connectivity index (χ4v) is 6.97. The van der Waals surface area contributed by atoms with Gasteiger partial charge in [0.15, 0.2) is 0 Å². The average molecular weight is 498 g/mol. The first-order valence-corrected chi connectivity index (χ1v) is 13.7. The Bertz CT molecular complexity index is 1230. The molecule has 33 heavy (non-hydrogen) atoms. The molecule has 3 rings (SSSR count). The smallest absolute Gasteiger partial charge is 0.246 e. The molecular formula is C21H31N5O5S2. The lowest BCUT2D eigenvalue weighted by atomic mass is 10.2. The Balaban J connectivity index is 1.66. The summed E-state index contributed by atoms with van der Waals surface area (Å²) >= 11 is 0. The third-order valence-corrected chi connectivity index (χ3v) is 9.50. The molecule has 1 saturated heterocycles. The number of benzene rings is 1. The van der Waals surface area contributed by atoms with E-state index in [-0.39, 0.29) is 36.0 Å². The molecule has 2 aromatic rings. The van der Waals surface area contributed by atoms with Crippen molar-refractivity contribution in [3.8, 4) is 0 Å². The number of sulfonamides is 2. The number of nitrogens with zero attached hydrogens (tertiary/aromatic N) is 4. The zero-order valence-corrected chi connectivity index (χ0v) is 21.2. The van der Waals surface area contributed by atoms with Crippen molar-refractivity contribution in [2.24, 2.45) is 0 Å².